The molecular weight excluding hydrogens is 366 g/mol. The summed E-state index contributed by atoms with van der Waals surface area (Å²) in [5.74, 6) is 0. The van der Waals surface area contributed by atoms with Crippen LogP contribution in [0, 0.1) is 11.3 Å². The van der Waals surface area contributed by atoms with Gasteiger partial charge < -0.3 is 0 Å². The molecule has 3 rings (SSSR count). The summed E-state index contributed by atoms with van der Waals surface area (Å²) in [6, 6.07) is 5.33. The smallest absolute Gasteiger partial charge is 0.243 e. The van der Waals surface area contributed by atoms with Gasteiger partial charge in [-0.1, -0.05) is 34.2 Å². The number of allylic oxidation sites excluding steroid dienone is 3. The molecular formula is C15H12BrN3O2S. The van der Waals surface area contributed by atoms with E-state index in [1.165, 1.54) is 16.4 Å². The molecule has 0 bridgehead atoms. The van der Waals surface area contributed by atoms with Gasteiger partial charge in [-0.2, -0.15) is 5.26 Å². The number of nitriles is 1. The molecule has 0 saturated heterocycles. The summed E-state index contributed by atoms with van der Waals surface area (Å²) >= 11 is 3.34. The lowest BCUT2D eigenvalue weighted by Crippen LogP contribution is -2.38. The van der Waals surface area contributed by atoms with E-state index in [0.29, 0.717) is 17.3 Å². The molecule has 2 aromatic rings. The molecule has 0 N–H and O–H groups in total. The monoisotopic (exact) mass is 377 g/mol. The van der Waals surface area contributed by atoms with Crippen molar-refractivity contribution < 1.29 is 8.42 Å². The van der Waals surface area contributed by atoms with E-state index in [4.69, 9.17) is 0 Å². The first kappa shape index (κ1) is 15.0. The van der Waals surface area contributed by atoms with E-state index in [0.717, 1.165) is 4.48 Å². The zero-order chi connectivity index (χ0) is 16.0. The Morgan fingerprint density at radius 3 is 2.86 bits per heavy atom. The van der Waals surface area contributed by atoms with Crippen molar-refractivity contribution in [3.8, 4) is 6.07 Å². The van der Waals surface area contributed by atoms with Crippen molar-refractivity contribution >= 4 is 36.9 Å². The molecule has 1 aliphatic carbocycles. The number of hydrogen-bond acceptors (Lipinski definition) is 4. The first-order chi connectivity index (χ1) is 10.4. The summed E-state index contributed by atoms with van der Waals surface area (Å²) in [5, 5.41) is 9.88. The fourth-order valence-corrected chi connectivity index (χ4v) is 4.38. The summed E-state index contributed by atoms with van der Waals surface area (Å²) in [4.78, 5) is 3.97. The maximum atomic E-state index is 13.1. The van der Waals surface area contributed by atoms with Crippen molar-refractivity contribution in [2.45, 2.75) is 18.1 Å². The number of pyridine rings is 1. The Kier molecular flexibility index (Phi) is 3.46. The van der Waals surface area contributed by atoms with E-state index in [1.807, 2.05) is 12.1 Å². The third kappa shape index (κ3) is 2.11. The van der Waals surface area contributed by atoms with Crippen LogP contribution in [-0.2, 0) is 10.0 Å². The predicted molar refractivity (Wildman–Crippen MR) is 87.9 cm³/mol. The van der Waals surface area contributed by atoms with Gasteiger partial charge in [0.2, 0.25) is 10.0 Å². The molecule has 1 atom stereocenters. The number of fused-ring (bicyclic) bond motifs is 1. The fourth-order valence-electron chi connectivity index (χ4n) is 2.45. The van der Waals surface area contributed by atoms with Crippen LogP contribution < -0.4 is 0 Å². The molecule has 0 fully saturated rings. The molecule has 5 nitrogen and oxygen atoms in total. The third-order valence-corrected chi connectivity index (χ3v) is 6.71. The van der Waals surface area contributed by atoms with Crippen molar-refractivity contribution in [2.24, 2.45) is 0 Å². The van der Waals surface area contributed by atoms with Crippen LogP contribution in [0.5, 0.6) is 0 Å². The molecule has 0 radical (unpaired) electrons. The third-order valence-electron chi connectivity index (χ3n) is 3.82. The zero-order valence-electron chi connectivity index (χ0n) is 11.7. The SMILES string of the molecule is CC1(S(=O)(=O)n2ccc3ccnc(C#N)c32)C=CC(Br)=CC1. The lowest BCUT2D eigenvalue weighted by Gasteiger charge is -2.27. The van der Waals surface area contributed by atoms with E-state index < -0.39 is 14.8 Å². The van der Waals surface area contributed by atoms with Crippen molar-refractivity contribution in [3.63, 3.8) is 0 Å². The zero-order valence-corrected chi connectivity index (χ0v) is 14.1. The highest BCUT2D eigenvalue weighted by atomic mass is 79.9. The first-order valence-electron chi connectivity index (χ1n) is 6.55. The van der Waals surface area contributed by atoms with Crippen LogP contribution in [0.4, 0.5) is 0 Å². The minimum atomic E-state index is -3.73. The normalized spacial score (nSPS) is 21.6. The van der Waals surface area contributed by atoms with Gasteiger partial charge in [0.05, 0.1) is 0 Å². The largest absolute Gasteiger partial charge is 0.248 e. The maximum Gasteiger partial charge on any atom is 0.248 e. The Balaban J connectivity index is 2.24. The topological polar surface area (TPSA) is 75.8 Å². The van der Waals surface area contributed by atoms with E-state index in [1.54, 1.807) is 31.2 Å². The second-order valence-electron chi connectivity index (χ2n) is 5.26. The molecule has 1 aliphatic rings. The number of aromatic nitrogens is 2. The molecule has 112 valence electrons. The minimum absolute atomic E-state index is 0.103. The summed E-state index contributed by atoms with van der Waals surface area (Å²) < 4.78 is 27.1. The van der Waals surface area contributed by atoms with E-state index >= 15 is 0 Å². The standard InChI is InChI=1S/C15H12BrN3O2S/c1-15(6-2-12(16)3-7-15)22(20,21)19-9-5-11-4-8-18-13(10-17)14(11)19/h2-6,8-9H,7H2,1H3. The van der Waals surface area contributed by atoms with Crippen molar-refractivity contribution in [3.05, 3.63) is 52.9 Å². The highest BCUT2D eigenvalue weighted by Crippen LogP contribution is 2.34. The van der Waals surface area contributed by atoms with Crippen LogP contribution in [0.1, 0.15) is 19.0 Å². The minimum Gasteiger partial charge on any atom is -0.243 e. The van der Waals surface area contributed by atoms with Crippen LogP contribution >= 0.6 is 15.9 Å². The number of rotatable bonds is 2. The van der Waals surface area contributed by atoms with Crippen molar-refractivity contribution in [1.82, 2.24) is 8.96 Å². The van der Waals surface area contributed by atoms with E-state index in [-0.39, 0.29) is 5.69 Å². The lowest BCUT2D eigenvalue weighted by atomic mass is 10.0. The number of hydrogen-bond donors (Lipinski definition) is 0. The fraction of sp³-hybridized carbons (Fsp3) is 0.200. The predicted octanol–water partition coefficient (Wildman–Crippen LogP) is 3.08. The molecule has 0 amide bonds. The maximum absolute atomic E-state index is 13.1. The van der Waals surface area contributed by atoms with Gasteiger partial charge in [0, 0.05) is 22.3 Å². The molecule has 0 spiro atoms. The van der Waals surface area contributed by atoms with Gasteiger partial charge in [0.15, 0.2) is 5.69 Å². The van der Waals surface area contributed by atoms with E-state index in [9.17, 15) is 13.7 Å². The Morgan fingerprint density at radius 2 is 2.23 bits per heavy atom. The molecule has 22 heavy (non-hydrogen) atoms. The Morgan fingerprint density at radius 1 is 1.45 bits per heavy atom. The molecule has 0 saturated carbocycles. The second kappa shape index (κ2) is 5.07. The lowest BCUT2D eigenvalue weighted by molar-refractivity contribution is 0.554. The summed E-state index contributed by atoms with van der Waals surface area (Å²) in [5.41, 5.74) is 0.430. The van der Waals surface area contributed by atoms with Gasteiger partial charge in [0.25, 0.3) is 0 Å². The van der Waals surface area contributed by atoms with Gasteiger partial charge in [-0.15, -0.1) is 0 Å². The summed E-state index contributed by atoms with van der Waals surface area (Å²) in [6.45, 7) is 1.67. The highest BCUT2D eigenvalue weighted by Gasteiger charge is 2.39. The van der Waals surface area contributed by atoms with Gasteiger partial charge in [-0.05, 0) is 25.5 Å². The molecule has 0 aliphatic heterocycles. The van der Waals surface area contributed by atoms with Crippen molar-refractivity contribution in [2.75, 3.05) is 0 Å². The summed E-state index contributed by atoms with van der Waals surface area (Å²) in [6.07, 6.45) is 8.56. The molecule has 0 aromatic carbocycles. The van der Waals surface area contributed by atoms with Crippen LogP contribution in [0.25, 0.3) is 10.9 Å². The Hall–Kier alpha value is -1.91. The van der Waals surface area contributed by atoms with E-state index in [2.05, 4.69) is 20.9 Å². The van der Waals surface area contributed by atoms with Crippen LogP contribution in [0.2, 0.25) is 0 Å². The van der Waals surface area contributed by atoms with Gasteiger partial charge in [-0.3, -0.25) is 0 Å². The van der Waals surface area contributed by atoms with Gasteiger partial charge >= 0.3 is 0 Å². The van der Waals surface area contributed by atoms with Crippen LogP contribution in [0.3, 0.4) is 0 Å². The average Bonchev–Trinajstić information content (AvgIpc) is 2.94. The second-order valence-corrected chi connectivity index (χ2v) is 8.46. The van der Waals surface area contributed by atoms with Crippen molar-refractivity contribution in [1.29, 1.82) is 5.26 Å². The van der Waals surface area contributed by atoms with Gasteiger partial charge in [-0.25, -0.2) is 17.4 Å². The van der Waals surface area contributed by atoms with Gasteiger partial charge in [0.1, 0.15) is 16.3 Å². The number of nitrogens with zero attached hydrogens (tertiary/aromatic N) is 3. The van der Waals surface area contributed by atoms with Crippen LogP contribution in [0.15, 0.2) is 47.2 Å². The summed E-state index contributed by atoms with van der Waals surface area (Å²) in [7, 11) is -3.73. The Bertz CT molecular complexity index is 966. The highest BCUT2D eigenvalue weighted by molar-refractivity contribution is 9.11. The molecule has 2 heterocycles. The Labute approximate surface area is 136 Å². The average molecular weight is 378 g/mol. The molecule has 2 aromatic heterocycles. The number of halogens is 1. The molecule has 1 unspecified atom stereocenters. The quantitative estimate of drug-likeness (QED) is 0.805. The van der Waals surface area contributed by atoms with Crippen LogP contribution in [-0.4, -0.2) is 22.1 Å². The molecule has 7 heteroatoms. The first-order valence-corrected chi connectivity index (χ1v) is 8.78.